The number of ether oxygens (including phenoxy) is 1. The van der Waals surface area contributed by atoms with Crippen molar-refractivity contribution in [3.63, 3.8) is 0 Å². The molecule has 0 radical (unpaired) electrons. The number of hydrogen-bond acceptors (Lipinski definition) is 4. The summed E-state index contributed by atoms with van der Waals surface area (Å²) in [6, 6.07) is 12.9. The smallest absolute Gasteiger partial charge is 0.271 e. The van der Waals surface area contributed by atoms with Crippen LogP contribution >= 0.6 is 34.5 Å². The fraction of sp³-hybridized carbons (Fsp3) is 0.100. The first-order valence-electron chi connectivity index (χ1n) is 8.09. The number of para-hydroxylation sites is 1. The third-order valence-corrected chi connectivity index (χ3v) is 5.25. The number of nitrogens with one attached hydrogen (secondary N) is 1. The summed E-state index contributed by atoms with van der Waals surface area (Å²) in [5, 5.41) is 6.15. The molecule has 1 N–H and O–H groups in total. The Bertz CT molecular complexity index is 972. The summed E-state index contributed by atoms with van der Waals surface area (Å²) in [5.41, 5.74) is 2.10. The van der Waals surface area contributed by atoms with Crippen LogP contribution in [0, 0.1) is 0 Å². The van der Waals surface area contributed by atoms with Crippen molar-refractivity contribution in [2.24, 2.45) is 0 Å². The summed E-state index contributed by atoms with van der Waals surface area (Å²) >= 11 is 13.4. The first-order valence-corrected chi connectivity index (χ1v) is 9.73. The molecule has 0 bridgehead atoms. The first-order chi connectivity index (χ1) is 13.1. The highest BCUT2D eigenvalue weighted by atomic mass is 35.5. The molecular weight excluding hydrogens is 403 g/mol. The van der Waals surface area contributed by atoms with Crippen LogP contribution < -0.4 is 10.1 Å². The van der Waals surface area contributed by atoms with E-state index in [-0.39, 0.29) is 5.91 Å². The Morgan fingerprint density at radius 3 is 2.81 bits per heavy atom. The molecule has 7 heteroatoms. The zero-order chi connectivity index (χ0) is 19.2. The van der Waals surface area contributed by atoms with Gasteiger partial charge in [-0.3, -0.25) is 4.79 Å². The van der Waals surface area contributed by atoms with Gasteiger partial charge in [0, 0.05) is 11.9 Å². The van der Waals surface area contributed by atoms with Gasteiger partial charge in [0.2, 0.25) is 0 Å². The second-order valence-corrected chi connectivity index (χ2v) is 7.24. The number of amides is 1. The van der Waals surface area contributed by atoms with E-state index >= 15 is 0 Å². The average Bonchev–Trinajstić information content (AvgIpc) is 3.17. The standard InChI is InChI=1S/C20H16Cl2N2O2S/c1-2-9-23-19(25)17-12-27-20(24-17)14-5-3-4-6-18(14)26-11-13-7-8-15(21)16(22)10-13/h2-8,10,12H,1,9,11H2,(H,23,25). The summed E-state index contributed by atoms with van der Waals surface area (Å²) < 4.78 is 5.96. The Morgan fingerprint density at radius 1 is 1.22 bits per heavy atom. The van der Waals surface area contributed by atoms with E-state index in [1.54, 1.807) is 23.6 Å². The van der Waals surface area contributed by atoms with Gasteiger partial charge in [-0.15, -0.1) is 17.9 Å². The Morgan fingerprint density at radius 2 is 2.04 bits per heavy atom. The van der Waals surface area contributed by atoms with Gasteiger partial charge in [-0.2, -0.15) is 0 Å². The van der Waals surface area contributed by atoms with Gasteiger partial charge in [0.15, 0.2) is 0 Å². The summed E-state index contributed by atoms with van der Waals surface area (Å²) in [4.78, 5) is 16.5. The third-order valence-electron chi connectivity index (χ3n) is 3.64. The van der Waals surface area contributed by atoms with Crippen molar-refractivity contribution in [2.75, 3.05) is 6.54 Å². The second-order valence-electron chi connectivity index (χ2n) is 5.57. The molecule has 3 aromatic rings. The van der Waals surface area contributed by atoms with Gasteiger partial charge in [-0.05, 0) is 29.8 Å². The van der Waals surface area contributed by atoms with Crippen LogP contribution in [0.2, 0.25) is 10.0 Å². The maximum Gasteiger partial charge on any atom is 0.271 e. The van der Waals surface area contributed by atoms with E-state index in [4.69, 9.17) is 27.9 Å². The predicted octanol–water partition coefficient (Wildman–Crippen LogP) is 5.61. The maximum atomic E-state index is 12.0. The molecule has 1 amide bonds. The molecule has 0 atom stereocenters. The molecule has 0 fully saturated rings. The average molecular weight is 419 g/mol. The summed E-state index contributed by atoms with van der Waals surface area (Å²) in [5.74, 6) is 0.447. The quantitative estimate of drug-likeness (QED) is 0.507. The molecule has 27 heavy (non-hydrogen) atoms. The highest BCUT2D eigenvalue weighted by Gasteiger charge is 2.14. The summed E-state index contributed by atoms with van der Waals surface area (Å²) in [7, 11) is 0. The molecule has 0 saturated carbocycles. The van der Waals surface area contributed by atoms with Crippen LogP contribution in [0.1, 0.15) is 16.1 Å². The van der Waals surface area contributed by atoms with Crippen LogP contribution in [0.5, 0.6) is 5.75 Å². The van der Waals surface area contributed by atoms with E-state index in [0.717, 1.165) is 11.1 Å². The van der Waals surface area contributed by atoms with E-state index in [1.807, 2.05) is 30.3 Å². The Labute approximate surface area is 171 Å². The number of benzene rings is 2. The fourth-order valence-electron chi connectivity index (χ4n) is 2.32. The largest absolute Gasteiger partial charge is 0.488 e. The van der Waals surface area contributed by atoms with E-state index < -0.39 is 0 Å². The second kappa shape index (κ2) is 9.04. The highest BCUT2D eigenvalue weighted by Crippen LogP contribution is 2.33. The minimum absolute atomic E-state index is 0.230. The van der Waals surface area contributed by atoms with Crippen molar-refractivity contribution in [2.45, 2.75) is 6.61 Å². The molecule has 1 aromatic heterocycles. The number of rotatable bonds is 7. The van der Waals surface area contributed by atoms with Gasteiger partial charge in [0.05, 0.1) is 15.6 Å². The van der Waals surface area contributed by atoms with Crippen molar-refractivity contribution in [3.8, 4) is 16.3 Å². The molecule has 0 aliphatic rings. The number of aromatic nitrogens is 1. The Hall–Kier alpha value is -2.34. The molecule has 1 heterocycles. The predicted molar refractivity (Wildman–Crippen MR) is 111 cm³/mol. The van der Waals surface area contributed by atoms with Crippen LogP contribution in [-0.4, -0.2) is 17.4 Å². The molecule has 0 spiro atoms. The van der Waals surface area contributed by atoms with Crippen molar-refractivity contribution in [1.82, 2.24) is 10.3 Å². The molecular formula is C20H16Cl2N2O2S. The number of thiazole rings is 1. The van der Waals surface area contributed by atoms with Gasteiger partial charge in [0.1, 0.15) is 23.1 Å². The lowest BCUT2D eigenvalue weighted by Gasteiger charge is -2.10. The molecule has 2 aromatic carbocycles. The first kappa shape index (κ1) is 19.4. The monoisotopic (exact) mass is 418 g/mol. The zero-order valence-electron chi connectivity index (χ0n) is 14.2. The third kappa shape index (κ3) is 4.89. The summed E-state index contributed by atoms with van der Waals surface area (Å²) in [6.07, 6.45) is 1.62. The van der Waals surface area contributed by atoms with Crippen molar-refractivity contribution < 1.29 is 9.53 Å². The van der Waals surface area contributed by atoms with Gasteiger partial charge < -0.3 is 10.1 Å². The number of carbonyl (C=O) groups is 1. The van der Waals surface area contributed by atoms with E-state index in [9.17, 15) is 4.79 Å². The molecule has 0 aliphatic carbocycles. The normalized spacial score (nSPS) is 10.4. The van der Waals surface area contributed by atoms with Gasteiger partial charge in [-0.1, -0.05) is 47.5 Å². The molecule has 4 nitrogen and oxygen atoms in total. The maximum absolute atomic E-state index is 12.0. The highest BCUT2D eigenvalue weighted by molar-refractivity contribution is 7.13. The number of carbonyl (C=O) groups excluding carboxylic acids is 1. The van der Waals surface area contributed by atoms with Crippen LogP contribution in [0.25, 0.3) is 10.6 Å². The van der Waals surface area contributed by atoms with Gasteiger partial charge in [0.25, 0.3) is 5.91 Å². The topological polar surface area (TPSA) is 51.2 Å². The molecule has 0 saturated heterocycles. The van der Waals surface area contributed by atoms with E-state index in [2.05, 4.69) is 16.9 Å². The molecule has 0 aliphatic heterocycles. The van der Waals surface area contributed by atoms with Crippen LogP contribution in [0.15, 0.2) is 60.5 Å². The lowest BCUT2D eigenvalue weighted by Crippen LogP contribution is -2.23. The fourth-order valence-corrected chi connectivity index (χ4v) is 3.47. The van der Waals surface area contributed by atoms with Crippen LogP contribution in [-0.2, 0) is 6.61 Å². The number of nitrogens with zero attached hydrogens (tertiary/aromatic N) is 1. The van der Waals surface area contributed by atoms with E-state index in [0.29, 0.717) is 39.6 Å². The number of hydrogen-bond donors (Lipinski definition) is 1. The van der Waals surface area contributed by atoms with Crippen LogP contribution in [0.3, 0.4) is 0 Å². The van der Waals surface area contributed by atoms with Crippen molar-refractivity contribution in [3.05, 3.63) is 81.8 Å². The van der Waals surface area contributed by atoms with Crippen molar-refractivity contribution >= 4 is 40.4 Å². The Balaban J connectivity index is 1.78. The molecule has 3 rings (SSSR count). The van der Waals surface area contributed by atoms with Crippen LogP contribution in [0.4, 0.5) is 0 Å². The van der Waals surface area contributed by atoms with Crippen molar-refractivity contribution in [1.29, 1.82) is 0 Å². The molecule has 0 unspecified atom stereocenters. The van der Waals surface area contributed by atoms with E-state index in [1.165, 1.54) is 11.3 Å². The lowest BCUT2D eigenvalue weighted by atomic mass is 10.2. The minimum atomic E-state index is -0.230. The number of halogens is 2. The lowest BCUT2D eigenvalue weighted by molar-refractivity contribution is 0.0954. The van der Waals surface area contributed by atoms with Gasteiger partial charge >= 0.3 is 0 Å². The zero-order valence-corrected chi connectivity index (χ0v) is 16.6. The summed E-state index contributed by atoms with van der Waals surface area (Å²) in [6.45, 7) is 4.32. The minimum Gasteiger partial charge on any atom is -0.488 e. The Kier molecular flexibility index (Phi) is 6.50. The SMILES string of the molecule is C=CCNC(=O)c1csc(-c2ccccc2OCc2ccc(Cl)c(Cl)c2)n1. The molecule has 138 valence electrons. The van der Waals surface area contributed by atoms with Gasteiger partial charge in [-0.25, -0.2) is 4.98 Å².